The van der Waals surface area contributed by atoms with Crippen LogP contribution >= 0.6 is 23.2 Å². The van der Waals surface area contributed by atoms with Gasteiger partial charge >= 0.3 is 12.4 Å². The van der Waals surface area contributed by atoms with Crippen molar-refractivity contribution in [3.63, 3.8) is 0 Å². The second-order valence-electron chi connectivity index (χ2n) is 7.09. The van der Waals surface area contributed by atoms with Crippen molar-refractivity contribution in [2.45, 2.75) is 22.1 Å². The molecule has 0 radical (unpaired) electrons. The maximum absolute atomic E-state index is 13.1. The smallest absolute Gasteiger partial charge is 0.272 e. The van der Waals surface area contributed by atoms with Crippen molar-refractivity contribution < 1.29 is 52.8 Å². The zero-order chi connectivity index (χ0) is 27.4. The summed E-state index contributed by atoms with van der Waals surface area (Å²) in [5.41, 5.74) is -3.10. The number of alkyl halides is 6. The fraction of sp³-hybridized carbons (Fsp3) is 0.222. The highest BCUT2D eigenvalue weighted by Crippen LogP contribution is 2.38. The van der Waals surface area contributed by atoms with Crippen LogP contribution in [-0.4, -0.2) is 50.3 Å². The molecular weight excluding hydrogens is 589 g/mol. The molecule has 0 aromatic heterocycles. The molecule has 2 aromatic carbocycles. The van der Waals surface area contributed by atoms with Gasteiger partial charge in [0.1, 0.15) is 13.1 Å². The minimum atomic E-state index is -5.09. The average molecular weight is 599 g/mol. The predicted octanol–water partition coefficient (Wildman–Crippen LogP) is 3.78. The van der Waals surface area contributed by atoms with Gasteiger partial charge in [0.15, 0.2) is 0 Å². The van der Waals surface area contributed by atoms with Gasteiger partial charge in [-0.2, -0.15) is 26.3 Å². The van der Waals surface area contributed by atoms with Gasteiger partial charge in [0.05, 0.1) is 31.0 Å². The second-order valence-corrected chi connectivity index (χ2v) is 11.6. The van der Waals surface area contributed by atoms with Gasteiger partial charge in [0.25, 0.3) is 31.9 Å². The Hall–Kier alpha value is -2.56. The molecule has 0 saturated carbocycles. The summed E-state index contributed by atoms with van der Waals surface area (Å²) >= 11 is 10.9. The number of benzene rings is 2. The molecule has 2 amide bonds. The van der Waals surface area contributed by atoms with Gasteiger partial charge in [0, 0.05) is 0 Å². The molecule has 1 heterocycles. The lowest BCUT2D eigenvalue weighted by Gasteiger charge is -2.32. The Morgan fingerprint density at radius 2 is 0.944 bits per heavy atom. The van der Waals surface area contributed by atoms with Crippen molar-refractivity contribution in [3.8, 4) is 0 Å². The van der Waals surface area contributed by atoms with Crippen LogP contribution in [0.15, 0.2) is 46.2 Å². The molecule has 0 aliphatic carbocycles. The first-order valence-corrected chi connectivity index (χ1v) is 12.8. The number of amides is 2. The highest BCUT2D eigenvalue weighted by Gasteiger charge is 2.44. The minimum Gasteiger partial charge on any atom is -0.272 e. The van der Waals surface area contributed by atoms with Crippen molar-refractivity contribution in [2.24, 2.45) is 0 Å². The number of sulfonamides is 2. The van der Waals surface area contributed by atoms with E-state index in [-0.39, 0.29) is 20.7 Å². The summed E-state index contributed by atoms with van der Waals surface area (Å²) < 4.78 is 129. The molecule has 3 rings (SSSR count). The van der Waals surface area contributed by atoms with E-state index in [0.29, 0.717) is 24.3 Å². The summed E-state index contributed by atoms with van der Waals surface area (Å²) in [7, 11) is -10.2. The molecule has 1 saturated heterocycles. The first kappa shape index (κ1) is 28.0. The van der Waals surface area contributed by atoms with Crippen molar-refractivity contribution in [1.82, 2.24) is 8.61 Å². The van der Waals surface area contributed by atoms with E-state index in [1.54, 1.807) is 0 Å². The van der Waals surface area contributed by atoms with Crippen LogP contribution in [0.2, 0.25) is 10.0 Å². The lowest BCUT2D eigenvalue weighted by molar-refractivity contribution is -0.141. The van der Waals surface area contributed by atoms with Crippen molar-refractivity contribution in [3.05, 3.63) is 57.6 Å². The standard InChI is InChI=1S/C18H10Cl2F6N2O6S2/c19-13-3-1-9(5-11(13)17(21,22)23)35(31,32)27-7-16(30)28(8-15(27)29)36(33,34)10-2-4-14(20)12(6-10)18(24,25)26/h1-6H,7-8H2. The van der Waals surface area contributed by atoms with Gasteiger partial charge in [-0.1, -0.05) is 23.2 Å². The normalized spacial score (nSPS) is 16.0. The van der Waals surface area contributed by atoms with Crippen LogP contribution in [0, 0.1) is 0 Å². The lowest BCUT2D eigenvalue weighted by atomic mass is 10.2. The third kappa shape index (κ3) is 5.12. The average Bonchev–Trinajstić information content (AvgIpc) is 2.73. The van der Waals surface area contributed by atoms with E-state index in [1.165, 1.54) is 0 Å². The second kappa shape index (κ2) is 9.08. The molecule has 8 nitrogen and oxygen atoms in total. The Balaban J connectivity index is 1.96. The molecule has 196 valence electrons. The summed E-state index contributed by atoms with van der Waals surface area (Å²) in [6.45, 7) is -2.91. The molecule has 0 unspecified atom stereocenters. The van der Waals surface area contributed by atoms with E-state index < -0.39 is 88.3 Å². The summed E-state index contributed by atoms with van der Waals surface area (Å²) in [6, 6.07) is 2.74. The van der Waals surface area contributed by atoms with Crippen LogP contribution in [0.1, 0.15) is 11.1 Å². The fourth-order valence-electron chi connectivity index (χ4n) is 3.04. The third-order valence-corrected chi connectivity index (χ3v) is 8.96. The highest BCUT2D eigenvalue weighted by molar-refractivity contribution is 7.90. The molecule has 1 fully saturated rings. The molecule has 0 spiro atoms. The number of carbonyl (C=O) groups is 2. The first-order chi connectivity index (χ1) is 16.3. The zero-order valence-electron chi connectivity index (χ0n) is 17.1. The number of piperazine rings is 1. The van der Waals surface area contributed by atoms with Crippen LogP contribution < -0.4 is 0 Å². The lowest BCUT2D eigenvalue weighted by Crippen LogP contribution is -2.56. The van der Waals surface area contributed by atoms with E-state index in [9.17, 15) is 52.8 Å². The summed E-state index contributed by atoms with van der Waals surface area (Å²) in [4.78, 5) is 22.9. The molecular formula is C18H10Cl2F6N2O6S2. The number of nitrogens with zero attached hydrogens (tertiary/aromatic N) is 2. The number of hydrogen-bond acceptors (Lipinski definition) is 6. The van der Waals surface area contributed by atoms with Crippen LogP contribution in [0.4, 0.5) is 26.3 Å². The number of rotatable bonds is 4. The van der Waals surface area contributed by atoms with Crippen LogP contribution in [-0.2, 0) is 42.0 Å². The summed E-state index contributed by atoms with van der Waals surface area (Å²) in [6.07, 6.45) is -10.1. The molecule has 2 aromatic rings. The van der Waals surface area contributed by atoms with Gasteiger partial charge in [-0.05, 0) is 36.4 Å². The monoisotopic (exact) mass is 598 g/mol. The van der Waals surface area contributed by atoms with Crippen molar-refractivity contribution in [1.29, 1.82) is 0 Å². The number of carbonyl (C=O) groups excluding carboxylic acids is 2. The summed E-state index contributed by atoms with van der Waals surface area (Å²) in [5.74, 6) is -3.10. The molecule has 18 heteroatoms. The quantitative estimate of drug-likeness (QED) is 0.496. The van der Waals surface area contributed by atoms with Gasteiger partial charge in [-0.15, -0.1) is 0 Å². The van der Waals surface area contributed by atoms with E-state index in [0.717, 1.165) is 0 Å². The van der Waals surface area contributed by atoms with Crippen molar-refractivity contribution in [2.75, 3.05) is 13.1 Å². The Morgan fingerprint density at radius 3 is 1.22 bits per heavy atom. The van der Waals surface area contributed by atoms with Crippen LogP contribution in [0.5, 0.6) is 0 Å². The van der Waals surface area contributed by atoms with Gasteiger partial charge in [-0.25, -0.2) is 25.4 Å². The van der Waals surface area contributed by atoms with E-state index >= 15 is 0 Å². The van der Waals surface area contributed by atoms with Crippen LogP contribution in [0.3, 0.4) is 0 Å². The maximum Gasteiger partial charge on any atom is 0.417 e. The maximum atomic E-state index is 13.1. The topological polar surface area (TPSA) is 109 Å². The molecule has 0 atom stereocenters. The number of hydrogen-bond donors (Lipinski definition) is 0. The summed E-state index contributed by atoms with van der Waals surface area (Å²) in [5, 5.41) is -1.69. The molecule has 1 aliphatic rings. The Labute approximate surface area is 209 Å². The predicted molar refractivity (Wildman–Crippen MR) is 111 cm³/mol. The molecule has 0 N–H and O–H groups in total. The highest BCUT2D eigenvalue weighted by atomic mass is 35.5. The SMILES string of the molecule is O=C1CN(S(=O)(=O)c2ccc(Cl)c(C(F)(F)F)c2)C(=O)CN1S(=O)(=O)c1ccc(Cl)c(C(F)(F)F)c1. The Bertz CT molecular complexity index is 1360. The van der Waals surface area contributed by atoms with Gasteiger partial charge < -0.3 is 0 Å². The molecule has 36 heavy (non-hydrogen) atoms. The Kier molecular flexibility index (Phi) is 7.06. The fourth-order valence-corrected chi connectivity index (χ4v) is 6.22. The van der Waals surface area contributed by atoms with Gasteiger partial charge in [-0.3, -0.25) is 9.59 Å². The number of halogens is 8. The van der Waals surface area contributed by atoms with Gasteiger partial charge in [0.2, 0.25) is 0 Å². The van der Waals surface area contributed by atoms with E-state index in [4.69, 9.17) is 23.2 Å². The van der Waals surface area contributed by atoms with Crippen LogP contribution in [0.25, 0.3) is 0 Å². The van der Waals surface area contributed by atoms with Crippen molar-refractivity contribution >= 4 is 55.1 Å². The molecule has 0 bridgehead atoms. The third-order valence-electron chi connectivity index (χ3n) is 4.78. The van der Waals surface area contributed by atoms with E-state index in [1.807, 2.05) is 0 Å². The molecule has 1 aliphatic heterocycles. The zero-order valence-corrected chi connectivity index (χ0v) is 20.2. The Morgan fingerprint density at radius 1 is 0.639 bits per heavy atom. The van der Waals surface area contributed by atoms with E-state index in [2.05, 4.69) is 0 Å². The minimum absolute atomic E-state index is 0.130. The first-order valence-electron chi connectivity index (χ1n) is 9.12. The largest absolute Gasteiger partial charge is 0.417 e.